The smallest absolute Gasteiger partial charge is 0.124 e. The van der Waals surface area contributed by atoms with E-state index in [-0.39, 0.29) is 5.48 Å². The number of rotatable bonds is 2. The molecule has 0 radical (unpaired) electrons. The highest BCUT2D eigenvalue weighted by Crippen LogP contribution is 2.02. The number of benzene rings is 1. The first-order valence-electron chi connectivity index (χ1n) is 3.32. The maximum Gasteiger partial charge on any atom is 0.124 e. The zero-order valence-corrected chi connectivity index (χ0v) is 6.50. The molecule has 2 heteroatoms. The molecule has 0 heterocycles. The summed E-state index contributed by atoms with van der Waals surface area (Å²) in [6.07, 6.45) is 1.45. The van der Waals surface area contributed by atoms with Gasteiger partial charge in [0.15, 0.2) is 0 Å². The predicted octanol–water partition coefficient (Wildman–Crippen LogP) is 0.912. The van der Waals surface area contributed by atoms with Crippen LogP contribution >= 0.6 is 0 Å². The molecule has 0 unspecified atom stereocenters. The van der Waals surface area contributed by atoms with Gasteiger partial charge in [0, 0.05) is 6.42 Å². The number of carbonyl (C=O) groups excluding carboxylic acids is 1. The highest BCUT2D eigenvalue weighted by molar-refractivity contribution is 5.54. The van der Waals surface area contributed by atoms with Gasteiger partial charge >= 0.3 is 0 Å². The van der Waals surface area contributed by atoms with Crippen LogP contribution in [0.15, 0.2) is 24.3 Å². The van der Waals surface area contributed by atoms with Crippen LogP contribution in [0, 0.1) is 6.92 Å². The monoisotopic (exact) mass is 152 g/mol. The van der Waals surface area contributed by atoms with Gasteiger partial charge < -0.3 is 10.3 Å². The number of aldehydes is 1. The van der Waals surface area contributed by atoms with E-state index in [2.05, 4.69) is 0 Å². The zero-order valence-electron chi connectivity index (χ0n) is 6.50. The Balaban J connectivity index is 0.000001000. The molecule has 0 aliphatic heterocycles. The van der Waals surface area contributed by atoms with Crippen LogP contribution in [0.4, 0.5) is 0 Å². The normalized spacial score (nSPS) is 8.45. The summed E-state index contributed by atoms with van der Waals surface area (Å²) in [7, 11) is 0. The minimum absolute atomic E-state index is 0. The summed E-state index contributed by atoms with van der Waals surface area (Å²) in [5.41, 5.74) is 2.30. The van der Waals surface area contributed by atoms with Crippen molar-refractivity contribution in [3.05, 3.63) is 35.4 Å². The second kappa shape index (κ2) is 4.63. The maximum absolute atomic E-state index is 10.1. The van der Waals surface area contributed by atoms with E-state index in [0.29, 0.717) is 6.42 Å². The molecule has 1 aromatic carbocycles. The van der Waals surface area contributed by atoms with Gasteiger partial charge in [0.05, 0.1) is 0 Å². The molecule has 0 spiro atoms. The molecule has 0 aromatic heterocycles. The molecule has 2 N–H and O–H groups in total. The summed E-state index contributed by atoms with van der Waals surface area (Å²) in [6.45, 7) is 2.02. The first-order valence-corrected chi connectivity index (χ1v) is 3.32. The Hall–Kier alpha value is -1.15. The lowest BCUT2D eigenvalue weighted by atomic mass is 10.1. The van der Waals surface area contributed by atoms with Crippen molar-refractivity contribution in [2.45, 2.75) is 13.3 Å². The van der Waals surface area contributed by atoms with Crippen molar-refractivity contribution in [1.29, 1.82) is 0 Å². The van der Waals surface area contributed by atoms with Crippen LogP contribution in [0.2, 0.25) is 0 Å². The number of hydrogen-bond acceptors (Lipinski definition) is 1. The number of hydrogen-bond donors (Lipinski definition) is 0. The van der Waals surface area contributed by atoms with Crippen molar-refractivity contribution < 1.29 is 10.3 Å². The summed E-state index contributed by atoms with van der Waals surface area (Å²) < 4.78 is 0. The molecule has 2 nitrogen and oxygen atoms in total. The largest absolute Gasteiger partial charge is 0.412 e. The van der Waals surface area contributed by atoms with Gasteiger partial charge in [-0.15, -0.1) is 0 Å². The Kier molecular flexibility index (Phi) is 4.15. The standard InChI is InChI=1S/C9H10O.H2O/c1-8-3-2-4-9(7-8)5-6-10;/h2-4,6-7H,5H2,1H3;1H2. The lowest BCUT2D eigenvalue weighted by Gasteiger charge is -1.94. The van der Waals surface area contributed by atoms with E-state index in [1.165, 1.54) is 5.56 Å². The third-order valence-electron chi connectivity index (χ3n) is 1.40. The van der Waals surface area contributed by atoms with Crippen molar-refractivity contribution in [1.82, 2.24) is 0 Å². The highest BCUT2D eigenvalue weighted by atomic mass is 16.1. The molecular weight excluding hydrogens is 140 g/mol. The minimum Gasteiger partial charge on any atom is -0.412 e. The molecule has 0 bridgehead atoms. The zero-order chi connectivity index (χ0) is 7.40. The maximum atomic E-state index is 10.1. The van der Waals surface area contributed by atoms with Gasteiger partial charge in [0.25, 0.3) is 0 Å². The van der Waals surface area contributed by atoms with E-state index >= 15 is 0 Å². The second-order valence-corrected chi connectivity index (χ2v) is 2.36. The van der Waals surface area contributed by atoms with Crippen LogP contribution in [0.3, 0.4) is 0 Å². The molecule has 0 saturated heterocycles. The van der Waals surface area contributed by atoms with Crippen molar-refractivity contribution >= 4 is 6.29 Å². The van der Waals surface area contributed by atoms with Crippen molar-refractivity contribution in [3.63, 3.8) is 0 Å². The van der Waals surface area contributed by atoms with Gasteiger partial charge in [0.2, 0.25) is 0 Å². The molecule has 0 fully saturated rings. The van der Waals surface area contributed by atoms with Gasteiger partial charge in [0.1, 0.15) is 6.29 Å². The molecule has 11 heavy (non-hydrogen) atoms. The molecule has 1 rings (SSSR count). The van der Waals surface area contributed by atoms with Gasteiger partial charge in [-0.25, -0.2) is 0 Å². The van der Waals surface area contributed by atoms with E-state index in [9.17, 15) is 4.79 Å². The Morgan fingerprint density at radius 2 is 2.18 bits per heavy atom. The second-order valence-electron chi connectivity index (χ2n) is 2.36. The molecule has 0 atom stereocenters. The summed E-state index contributed by atoms with van der Waals surface area (Å²) in [6, 6.07) is 7.97. The lowest BCUT2D eigenvalue weighted by Crippen LogP contribution is -1.84. The third-order valence-corrected chi connectivity index (χ3v) is 1.40. The quantitative estimate of drug-likeness (QED) is 0.581. The predicted molar refractivity (Wildman–Crippen MR) is 44.6 cm³/mol. The number of carbonyl (C=O) groups is 1. The average Bonchev–Trinajstić information content (AvgIpc) is 1.88. The Morgan fingerprint density at radius 1 is 1.45 bits per heavy atom. The van der Waals surface area contributed by atoms with Crippen molar-refractivity contribution in [3.8, 4) is 0 Å². The Bertz CT molecular complexity index is 231. The first kappa shape index (κ1) is 9.85. The van der Waals surface area contributed by atoms with E-state index in [4.69, 9.17) is 0 Å². The van der Waals surface area contributed by atoms with Crippen LogP contribution in [-0.2, 0) is 11.2 Å². The van der Waals surface area contributed by atoms with Gasteiger partial charge in [-0.2, -0.15) is 0 Å². The van der Waals surface area contributed by atoms with Crippen molar-refractivity contribution in [2.24, 2.45) is 0 Å². The molecule has 1 aromatic rings. The summed E-state index contributed by atoms with van der Waals surface area (Å²) in [5.74, 6) is 0. The molecule has 0 saturated carbocycles. The van der Waals surface area contributed by atoms with Gasteiger partial charge in [-0.1, -0.05) is 29.8 Å². The van der Waals surface area contributed by atoms with Crippen LogP contribution in [0.5, 0.6) is 0 Å². The van der Waals surface area contributed by atoms with Gasteiger partial charge in [-0.05, 0) is 12.5 Å². The topological polar surface area (TPSA) is 48.6 Å². The third kappa shape index (κ3) is 2.96. The van der Waals surface area contributed by atoms with E-state index in [1.807, 2.05) is 31.2 Å². The van der Waals surface area contributed by atoms with Crippen LogP contribution < -0.4 is 0 Å². The number of aryl methyl sites for hydroxylation is 1. The molecule has 0 amide bonds. The fourth-order valence-electron chi connectivity index (χ4n) is 0.935. The summed E-state index contributed by atoms with van der Waals surface area (Å²) in [4.78, 5) is 10.1. The SMILES string of the molecule is Cc1cccc(CC=O)c1.O. The van der Waals surface area contributed by atoms with Crippen LogP contribution in [0.25, 0.3) is 0 Å². The van der Waals surface area contributed by atoms with Crippen molar-refractivity contribution in [2.75, 3.05) is 0 Å². The molecule has 0 aliphatic rings. The average molecular weight is 152 g/mol. The summed E-state index contributed by atoms with van der Waals surface area (Å²) in [5, 5.41) is 0. The fourth-order valence-corrected chi connectivity index (χ4v) is 0.935. The van der Waals surface area contributed by atoms with Gasteiger partial charge in [-0.3, -0.25) is 0 Å². The molecule has 60 valence electrons. The Labute approximate surface area is 66.2 Å². The lowest BCUT2D eigenvalue weighted by molar-refractivity contribution is -0.107. The molecular formula is C9H12O2. The van der Waals surface area contributed by atoms with E-state index in [1.54, 1.807) is 0 Å². The molecule has 0 aliphatic carbocycles. The highest BCUT2D eigenvalue weighted by Gasteiger charge is 1.89. The Morgan fingerprint density at radius 3 is 2.73 bits per heavy atom. The van der Waals surface area contributed by atoms with E-state index < -0.39 is 0 Å². The van der Waals surface area contributed by atoms with Crippen LogP contribution in [-0.4, -0.2) is 11.8 Å². The minimum atomic E-state index is 0. The summed E-state index contributed by atoms with van der Waals surface area (Å²) >= 11 is 0. The van der Waals surface area contributed by atoms with Crippen LogP contribution in [0.1, 0.15) is 11.1 Å². The van der Waals surface area contributed by atoms with E-state index in [0.717, 1.165) is 11.8 Å². The fraction of sp³-hybridized carbons (Fsp3) is 0.222. The first-order chi connectivity index (χ1) is 4.83.